The number of fused-ring (bicyclic) bond motifs is 1. The molecule has 0 fully saturated rings. The molecule has 12 heavy (non-hydrogen) atoms. The first kappa shape index (κ1) is 7.39. The van der Waals surface area contributed by atoms with Gasteiger partial charge >= 0.3 is 6.92 Å². The maximum absolute atomic E-state index is 8.64. The third kappa shape index (κ3) is 1.01. The quantitative estimate of drug-likeness (QED) is 0.524. The third-order valence-corrected chi connectivity index (χ3v) is 2.20. The summed E-state index contributed by atoms with van der Waals surface area (Å²) in [5, 5.41) is 8.64. The van der Waals surface area contributed by atoms with Gasteiger partial charge in [-0.15, -0.1) is 0 Å². The molecule has 1 aliphatic heterocycles. The Morgan fingerprint density at radius 2 is 2.42 bits per heavy atom. The largest absolute Gasteiger partial charge is 0.427 e. The lowest BCUT2D eigenvalue weighted by molar-refractivity contribution is 0.333. The maximum atomic E-state index is 8.64. The van der Waals surface area contributed by atoms with Crippen molar-refractivity contribution in [1.29, 1.82) is 5.26 Å². The maximum Gasteiger partial charge on any atom is 0.324 e. The number of nitrogens with zero attached hydrogens (tertiary/aromatic N) is 1. The second-order valence-corrected chi connectivity index (χ2v) is 2.98. The molecule has 0 radical (unpaired) electrons. The van der Waals surface area contributed by atoms with Gasteiger partial charge in [-0.25, -0.2) is 0 Å². The Morgan fingerprint density at radius 3 is 3.17 bits per heavy atom. The molecule has 58 valence electrons. The van der Waals surface area contributed by atoms with E-state index in [1.807, 2.05) is 25.0 Å². The van der Waals surface area contributed by atoms with Crippen LogP contribution in [0.1, 0.15) is 11.1 Å². The van der Waals surface area contributed by atoms with Crippen molar-refractivity contribution >= 4 is 12.4 Å². The Hall–Kier alpha value is -1.27. The van der Waals surface area contributed by atoms with Crippen LogP contribution in [0.5, 0.6) is 0 Å². The molecule has 0 aliphatic carbocycles. The fraction of sp³-hybridized carbons (Fsp3) is 0.222. The van der Waals surface area contributed by atoms with Crippen molar-refractivity contribution in [3.8, 4) is 6.07 Å². The van der Waals surface area contributed by atoms with Crippen LogP contribution in [0.4, 0.5) is 0 Å². The smallest absolute Gasteiger partial charge is 0.324 e. The predicted molar refractivity (Wildman–Crippen MR) is 47.2 cm³/mol. The number of hydrogen-bond donors (Lipinski definition) is 0. The molecule has 2 rings (SSSR count). The van der Waals surface area contributed by atoms with Crippen LogP contribution in [0.3, 0.4) is 0 Å². The topological polar surface area (TPSA) is 33.0 Å². The van der Waals surface area contributed by atoms with E-state index in [2.05, 4.69) is 6.07 Å². The zero-order chi connectivity index (χ0) is 8.55. The zero-order valence-electron chi connectivity index (χ0n) is 6.87. The third-order valence-electron chi connectivity index (χ3n) is 2.20. The highest BCUT2D eigenvalue weighted by Gasteiger charge is 2.22. The first-order chi connectivity index (χ1) is 5.81. The Balaban J connectivity index is 2.50. The second kappa shape index (κ2) is 2.65. The summed E-state index contributed by atoms with van der Waals surface area (Å²) in [5.41, 5.74) is 3.09. The molecule has 1 heterocycles. The van der Waals surface area contributed by atoms with Crippen LogP contribution in [-0.4, -0.2) is 6.92 Å². The summed E-state index contributed by atoms with van der Waals surface area (Å²) in [6, 6.07) is 7.83. The SMILES string of the molecule is CB1OCc2cc(C#N)ccc21. The Bertz CT molecular complexity index is 356. The van der Waals surface area contributed by atoms with Gasteiger partial charge in [0.2, 0.25) is 0 Å². The van der Waals surface area contributed by atoms with E-state index in [-0.39, 0.29) is 6.92 Å². The molecule has 0 aromatic heterocycles. The van der Waals surface area contributed by atoms with Gasteiger partial charge in [0.15, 0.2) is 0 Å². The van der Waals surface area contributed by atoms with E-state index < -0.39 is 0 Å². The molecule has 0 unspecified atom stereocenters. The summed E-state index contributed by atoms with van der Waals surface area (Å²) >= 11 is 0. The fourth-order valence-corrected chi connectivity index (χ4v) is 1.50. The second-order valence-electron chi connectivity index (χ2n) is 2.98. The molecule has 0 saturated heterocycles. The molecule has 0 N–H and O–H groups in total. The average molecular weight is 157 g/mol. The number of hydrogen-bond acceptors (Lipinski definition) is 2. The molecule has 1 aromatic carbocycles. The number of nitriles is 1. The highest BCUT2D eigenvalue weighted by atomic mass is 16.4. The molecule has 1 aromatic rings. The van der Waals surface area contributed by atoms with Gasteiger partial charge in [0.1, 0.15) is 0 Å². The van der Waals surface area contributed by atoms with E-state index in [1.54, 1.807) is 0 Å². The molecule has 0 atom stereocenters. The summed E-state index contributed by atoms with van der Waals surface area (Å²) < 4.78 is 5.41. The summed E-state index contributed by atoms with van der Waals surface area (Å²) in [7, 11) is 0. The van der Waals surface area contributed by atoms with Crippen molar-refractivity contribution in [2.75, 3.05) is 0 Å². The van der Waals surface area contributed by atoms with Crippen molar-refractivity contribution in [1.82, 2.24) is 0 Å². The van der Waals surface area contributed by atoms with E-state index in [0.29, 0.717) is 12.2 Å². The fourth-order valence-electron chi connectivity index (χ4n) is 1.50. The van der Waals surface area contributed by atoms with Crippen molar-refractivity contribution < 1.29 is 4.65 Å². The number of benzene rings is 1. The van der Waals surface area contributed by atoms with Gasteiger partial charge < -0.3 is 4.65 Å². The summed E-state index contributed by atoms with van der Waals surface area (Å²) in [5.74, 6) is 0. The lowest BCUT2D eigenvalue weighted by Gasteiger charge is -1.97. The molecule has 2 nitrogen and oxygen atoms in total. The van der Waals surface area contributed by atoms with Gasteiger partial charge in [0.25, 0.3) is 0 Å². The normalized spacial score (nSPS) is 14.2. The van der Waals surface area contributed by atoms with Crippen molar-refractivity contribution in [3.63, 3.8) is 0 Å². The van der Waals surface area contributed by atoms with Gasteiger partial charge in [-0.3, -0.25) is 0 Å². The van der Waals surface area contributed by atoms with E-state index >= 15 is 0 Å². The van der Waals surface area contributed by atoms with Crippen LogP contribution >= 0.6 is 0 Å². The molecule has 3 heteroatoms. The van der Waals surface area contributed by atoms with Crippen LogP contribution in [0.15, 0.2) is 18.2 Å². The lowest BCUT2D eigenvalue weighted by atomic mass is 9.64. The minimum atomic E-state index is 0.188. The standard InChI is InChI=1S/C9H8BNO/c1-10-9-3-2-7(5-11)4-8(9)6-12-10/h2-4H,6H2,1H3. The van der Waals surface area contributed by atoms with E-state index in [0.717, 1.165) is 5.56 Å². The van der Waals surface area contributed by atoms with Crippen LogP contribution in [0, 0.1) is 11.3 Å². The van der Waals surface area contributed by atoms with Crippen LogP contribution in [0.2, 0.25) is 6.82 Å². The van der Waals surface area contributed by atoms with Gasteiger partial charge in [0.05, 0.1) is 18.2 Å². The Labute approximate surface area is 71.9 Å². The predicted octanol–water partition coefficient (Wildman–Crippen LogP) is 0.917. The highest BCUT2D eigenvalue weighted by Crippen LogP contribution is 2.11. The molecule has 0 amide bonds. The van der Waals surface area contributed by atoms with E-state index in [1.165, 1.54) is 5.46 Å². The Kier molecular flexibility index (Phi) is 1.63. The monoisotopic (exact) mass is 157 g/mol. The summed E-state index contributed by atoms with van der Waals surface area (Å²) in [4.78, 5) is 0. The minimum absolute atomic E-state index is 0.188. The number of rotatable bonds is 0. The van der Waals surface area contributed by atoms with Crippen LogP contribution in [-0.2, 0) is 11.3 Å². The van der Waals surface area contributed by atoms with Crippen molar-refractivity contribution in [2.24, 2.45) is 0 Å². The average Bonchev–Trinajstić information content (AvgIpc) is 2.47. The summed E-state index contributed by atoms with van der Waals surface area (Å²) in [6.45, 7) is 2.86. The van der Waals surface area contributed by atoms with Gasteiger partial charge in [-0.1, -0.05) is 12.9 Å². The van der Waals surface area contributed by atoms with Crippen molar-refractivity contribution in [3.05, 3.63) is 29.3 Å². The Morgan fingerprint density at radius 1 is 1.58 bits per heavy atom. The molecule has 0 bridgehead atoms. The highest BCUT2D eigenvalue weighted by molar-refractivity contribution is 6.67. The van der Waals surface area contributed by atoms with Crippen LogP contribution in [0.25, 0.3) is 0 Å². The molecular weight excluding hydrogens is 149 g/mol. The van der Waals surface area contributed by atoms with Gasteiger partial charge in [-0.2, -0.15) is 5.26 Å². The first-order valence-electron chi connectivity index (χ1n) is 3.96. The molecule has 0 spiro atoms. The van der Waals surface area contributed by atoms with Crippen molar-refractivity contribution in [2.45, 2.75) is 13.4 Å². The van der Waals surface area contributed by atoms with Crippen LogP contribution < -0.4 is 5.46 Å². The molecular formula is C9H8BNO. The molecule has 0 saturated carbocycles. The first-order valence-corrected chi connectivity index (χ1v) is 3.96. The summed E-state index contributed by atoms with van der Waals surface area (Å²) in [6.07, 6.45) is 0. The van der Waals surface area contributed by atoms with E-state index in [4.69, 9.17) is 9.92 Å². The zero-order valence-corrected chi connectivity index (χ0v) is 6.87. The minimum Gasteiger partial charge on any atom is -0.427 e. The molecule has 1 aliphatic rings. The van der Waals surface area contributed by atoms with Gasteiger partial charge in [0, 0.05) is 0 Å². The van der Waals surface area contributed by atoms with Gasteiger partial charge in [-0.05, 0) is 23.2 Å². The van der Waals surface area contributed by atoms with E-state index in [9.17, 15) is 0 Å². The lowest BCUT2D eigenvalue weighted by Crippen LogP contribution is -2.23.